The van der Waals surface area contributed by atoms with Crippen molar-refractivity contribution in [3.63, 3.8) is 0 Å². The first-order chi connectivity index (χ1) is 39.6. The van der Waals surface area contributed by atoms with E-state index in [4.69, 9.17) is 25.8 Å². The Hall–Kier alpha value is -5.97. The number of nitrogens with zero attached hydrogens (tertiary/aromatic N) is 4. The predicted molar refractivity (Wildman–Crippen MR) is 315 cm³/mol. The van der Waals surface area contributed by atoms with Gasteiger partial charge in [-0.25, -0.2) is 17.8 Å². The summed E-state index contributed by atoms with van der Waals surface area (Å²) >= 11 is 7.70. The lowest BCUT2D eigenvalue weighted by Gasteiger charge is -2.37. The highest BCUT2D eigenvalue weighted by molar-refractivity contribution is 7.93. The molecular formula is C60H77ClFN9O9S2. The number of aromatic nitrogens is 2. The largest absolute Gasteiger partial charge is 0.493 e. The standard InChI is InChI=1S/C60H77ClFN9O9S2/c1-70(2)52-9-5-4-8-49(52)67-51-34-48(62)54(33-47(51)61)82(76,77)69-60-68-50-23-22-45(31-53(50)81-60)80-37-39-12-10-38(11-13-39)35-66-58(74)43-20-16-41(17-21-43)40-14-18-42(19-15-40)57(73)64-25-27-78-29-30-79-28-26-65-59(75)46-32-55(72)71(3)56(46)44-7-6-24-63-36-44/h6-7,14-15,18-19,22-24,31,33-34,36,38-39,41,43,46,49,52,56,67H,4-5,8-13,16-17,20-21,25-30,32,35,37H2,1-3H3,(H,64,73)(H,65,75)(H,66,74)(H,68,69)/t38?,39?,41?,43?,46-,49+,52+,56+/m0/s1. The number of thiazole rings is 1. The lowest BCUT2D eigenvalue weighted by Crippen LogP contribution is -2.45. The van der Waals surface area contributed by atoms with Crippen LogP contribution in [0.15, 0.2) is 84.0 Å². The molecule has 0 spiro atoms. The first-order valence-electron chi connectivity index (χ1n) is 28.8. The van der Waals surface area contributed by atoms with E-state index in [-0.39, 0.29) is 64.2 Å². The van der Waals surface area contributed by atoms with Crippen LogP contribution in [0, 0.1) is 29.5 Å². The van der Waals surface area contributed by atoms with Crippen LogP contribution in [0.1, 0.15) is 117 Å². The number of nitrogens with one attached hydrogen (secondary N) is 5. The number of ether oxygens (including phenoxy) is 3. The SMILES string of the molecule is CN(C)[C@@H]1CCCC[C@H]1Nc1cc(F)c(S(=O)(=O)Nc2nc3ccc(OCC4CCC(CNC(=O)C5CCC(c6ccc(C(=O)NCCOCCOCCNC(=O)[C@H]7CC(=O)N(C)[C@@H]7c7cccnc7)cc6)CC5)CC4)cc3s2)cc1Cl. The average molecular weight is 1190 g/mol. The Labute approximate surface area is 489 Å². The number of carbonyl (C=O) groups excluding carboxylic acids is 4. The van der Waals surface area contributed by atoms with E-state index in [2.05, 4.69) is 40.9 Å². The maximum atomic E-state index is 15.5. The van der Waals surface area contributed by atoms with Gasteiger partial charge in [0.2, 0.25) is 17.7 Å². The summed E-state index contributed by atoms with van der Waals surface area (Å²) in [5.41, 5.74) is 3.53. The number of rotatable bonds is 25. The van der Waals surface area contributed by atoms with Crippen LogP contribution in [-0.4, -0.2) is 138 Å². The molecule has 4 fully saturated rings. The van der Waals surface area contributed by atoms with E-state index >= 15 is 4.39 Å². The molecule has 4 atom stereocenters. The van der Waals surface area contributed by atoms with E-state index < -0.39 is 26.7 Å². The zero-order chi connectivity index (χ0) is 57.8. The molecule has 1 saturated heterocycles. The second-order valence-electron chi connectivity index (χ2n) is 22.5. The molecule has 3 aromatic carbocycles. The minimum atomic E-state index is -4.35. The topological polar surface area (TPSA) is 223 Å². The molecule has 9 rings (SSSR count). The number of amides is 4. The molecule has 3 aliphatic carbocycles. The maximum Gasteiger partial charge on any atom is 0.266 e. The Morgan fingerprint density at radius 3 is 2.26 bits per heavy atom. The van der Waals surface area contributed by atoms with E-state index in [1.54, 1.807) is 36.5 Å². The number of anilines is 2. The van der Waals surface area contributed by atoms with Crippen LogP contribution in [0.25, 0.3) is 10.2 Å². The molecule has 4 amide bonds. The molecular weight excluding hydrogens is 1110 g/mol. The molecule has 4 aliphatic rings. The summed E-state index contributed by atoms with van der Waals surface area (Å²) in [5, 5.41) is 12.6. The second-order valence-corrected chi connectivity index (χ2v) is 25.6. The van der Waals surface area contributed by atoms with Crippen LogP contribution in [0.5, 0.6) is 5.75 Å². The van der Waals surface area contributed by atoms with Crippen molar-refractivity contribution in [2.75, 3.05) is 83.9 Å². The lowest BCUT2D eigenvalue weighted by atomic mass is 9.78. The van der Waals surface area contributed by atoms with Crippen molar-refractivity contribution in [3.05, 3.63) is 107 Å². The number of sulfonamides is 1. The second kappa shape index (κ2) is 28.5. The molecule has 0 bridgehead atoms. The van der Waals surface area contributed by atoms with Crippen molar-refractivity contribution in [3.8, 4) is 5.75 Å². The summed E-state index contributed by atoms with van der Waals surface area (Å²) in [6, 6.07) is 19.1. The molecule has 3 heterocycles. The first-order valence-corrected chi connectivity index (χ1v) is 31.5. The summed E-state index contributed by atoms with van der Waals surface area (Å²) in [6.07, 6.45) is 15.0. The van der Waals surface area contributed by atoms with Gasteiger partial charge in [0.25, 0.3) is 15.9 Å². The third-order valence-corrected chi connectivity index (χ3v) is 19.5. The predicted octanol–water partition coefficient (Wildman–Crippen LogP) is 8.94. The Balaban J connectivity index is 0.610. The molecule has 0 radical (unpaired) electrons. The van der Waals surface area contributed by atoms with Crippen LogP contribution in [0.3, 0.4) is 0 Å². The summed E-state index contributed by atoms with van der Waals surface area (Å²) in [5.74, 6) is 0.0694. The molecule has 442 valence electrons. The number of carbonyl (C=O) groups is 4. The summed E-state index contributed by atoms with van der Waals surface area (Å²) in [6.45, 7) is 3.17. The Morgan fingerprint density at radius 1 is 0.817 bits per heavy atom. The minimum Gasteiger partial charge on any atom is -0.493 e. The number of hydrogen-bond donors (Lipinski definition) is 5. The van der Waals surface area contributed by atoms with Crippen LogP contribution in [0.2, 0.25) is 5.02 Å². The molecule has 82 heavy (non-hydrogen) atoms. The summed E-state index contributed by atoms with van der Waals surface area (Å²) in [7, 11) is 1.40. The Morgan fingerprint density at radius 2 is 1.54 bits per heavy atom. The smallest absolute Gasteiger partial charge is 0.266 e. The average Bonchev–Trinajstić information content (AvgIpc) is 4.16. The highest BCUT2D eigenvalue weighted by Gasteiger charge is 2.43. The molecule has 22 heteroatoms. The minimum absolute atomic E-state index is 0.00509. The highest BCUT2D eigenvalue weighted by Crippen LogP contribution is 2.39. The van der Waals surface area contributed by atoms with Crippen molar-refractivity contribution in [1.82, 2.24) is 35.7 Å². The molecule has 1 aliphatic heterocycles. The number of pyridine rings is 1. The number of likely N-dealkylation sites (N-methyl/N-ethyl adjacent to an activating group) is 1. The first kappa shape index (κ1) is 60.6. The lowest BCUT2D eigenvalue weighted by molar-refractivity contribution is -0.128. The summed E-state index contributed by atoms with van der Waals surface area (Å²) in [4.78, 5) is 63.3. The van der Waals surface area contributed by atoms with Crippen LogP contribution < -0.4 is 30.7 Å². The van der Waals surface area contributed by atoms with Gasteiger partial charge in [0.15, 0.2) is 5.13 Å². The summed E-state index contributed by atoms with van der Waals surface area (Å²) < 4.78 is 63.0. The molecule has 5 aromatic rings. The van der Waals surface area contributed by atoms with E-state index in [9.17, 15) is 27.6 Å². The highest BCUT2D eigenvalue weighted by atomic mass is 35.5. The van der Waals surface area contributed by atoms with Gasteiger partial charge >= 0.3 is 0 Å². The van der Waals surface area contributed by atoms with Gasteiger partial charge in [0.05, 0.1) is 65.9 Å². The van der Waals surface area contributed by atoms with Gasteiger partial charge in [0, 0.05) is 69.1 Å². The zero-order valence-corrected chi connectivity index (χ0v) is 49.4. The Kier molecular flexibility index (Phi) is 21.1. The zero-order valence-electron chi connectivity index (χ0n) is 47.0. The van der Waals surface area contributed by atoms with E-state index in [0.717, 1.165) is 111 Å². The fourth-order valence-corrected chi connectivity index (χ4v) is 14.6. The molecule has 18 nitrogen and oxygen atoms in total. The molecule has 0 unspecified atom stereocenters. The number of halogens is 2. The van der Waals surface area contributed by atoms with Crippen LogP contribution in [-0.2, 0) is 33.9 Å². The third-order valence-electron chi connectivity index (χ3n) is 16.8. The van der Waals surface area contributed by atoms with Gasteiger partial charge in [0.1, 0.15) is 16.5 Å². The van der Waals surface area contributed by atoms with Gasteiger partial charge < -0.3 is 45.3 Å². The molecule has 3 saturated carbocycles. The number of hydrogen-bond acceptors (Lipinski definition) is 14. The van der Waals surface area contributed by atoms with Crippen molar-refractivity contribution >= 4 is 77.6 Å². The Bertz CT molecular complexity index is 3090. The number of likely N-dealkylation sites (tertiary alicyclic amines) is 1. The van der Waals surface area contributed by atoms with E-state index in [1.165, 1.54) is 5.56 Å². The van der Waals surface area contributed by atoms with Gasteiger partial charge in [-0.1, -0.05) is 54.0 Å². The molecule has 2 aromatic heterocycles. The van der Waals surface area contributed by atoms with Crippen molar-refractivity contribution in [1.29, 1.82) is 0 Å². The van der Waals surface area contributed by atoms with Gasteiger partial charge in [-0.05, 0) is 156 Å². The maximum absolute atomic E-state index is 15.5. The monoisotopic (exact) mass is 1190 g/mol. The quantitative estimate of drug-likeness (QED) is 0.0345. The number of fused-ring (bicyclic) bond motifs is 1. The fraction of sp³-hybridized carbons (Fsp3) is 0.533. The van der Waals surface area contributed by atoms with Gasteiger partial charge in [-0.2, -0.15) is 0 Å². The van der Waals surface area contributed by atoms with Crippen molar-refractivity contribution in [2.24, 2.45) is 23.7 Å². The number of benzene rings is 3. The van der Waals surface area contributed by atoms with Crippen LogP contribution >= 0.6 is 22.9 Å². The van der Waals surface area contributed by atoms with Crippen molar-refractivity contribution in [2.45, 2.75) is 112 Å². The van der Waals surface area contributed by atoms with E-state index in [0.29, 0.717) is 92.9 Å². The van der Waals surface area contributed by atoms with E-state index in [1.807, 2.05) is 56.6 Å². The van der Waals surface area contributed by atoms with Gasteiger partial charge in [-0.15, -0.1) is 0 Å². The molecule has 5 N–H and O–H groups in total. The van der Waals surface area contributed by atoms with Crippen LogP contribution in [0.4, 0.5) is 15.2 Å². The van der Waals surface area contributed by atoms with Crippen molar-refractivity contribution < 1.29 is 46.2 Å². The fourth-order valence-electron chi connectivity index (χ4n) is 12.1. The van der Waals surface area contributed by atoms with Gasteiger partial charge in [-0.3, -0.25) is 28.9 Å². The third kappa shape index (κ3) is 15.8. The normalized spacial score (nSPS) is 23.1.